The normalized spacial score (nSPS) is 15.6. The lowest BCUT2D eigenvalue weighted by atomic mass is 9.87. The molecule has 1 amide bonds. The summed E-state index contributed by atoms with van der Waals surface area (Å²) in [4.78, 5) is 13.0. The van der Waals surface area contributed by atoms with Gasteiger partial charge in [0.2, 0.25) is 5.91 Å². The highest BCUT2D eigenvalue weighted by Crippen LogP contribution is 2.46. The highest BCUT2D eigenvalue weighted by Gasteiger charge is 2.45. The predicted molar refractivity (Wildman–Crippen MR) is 108 cm³/mol. The van der Waals surface area contributed by atoms with E-state index in [1.54, 1.807) is 36.4 Å². The minimum Gasteiger partial charge on any atom is -0.508 e. The number of carbonyl (C=O) groups excluding carboxylic acids is 1. The maximum absolute atomic E-state index is 13.0. The van der Waals surface area contributed by atoms with Gasteiger partial charge in [0, 0.05) is 17.9 Å². The van der Waals surface area contributed by atoms with E-state index in [2.05, 4.69) is 5.32 Å². The predicted octanol–water partition coefficient (Wildman–Crippen LogP) is 4.43. The first kappa shape index (κ1) is 18.1. The second-order valence-electron chi connectivity index (χ2n) is 7.40. The first-order chi connectivity index (χ1) is 13.6. The van der Waals surface area contributed by atoms with Crippen molar-refractivity contribution in [2.75, 3.05) is 0 Å². The van der Waals surface area contributed by atoms with Gasteiger partial charge in [-0.25, -0.2) is 0 Å². The van der Waals surface area contributed by atoms with E-state index in [1.165, 1.54) is 0 Å². The molecule has 0 spiro atoms. The van der Waals surface area contributed by atoms with E-state index >= 15 is 0 Å². The Bertz CT molecular complexity index is 963. The van der Waals surface area contributed by atoms with E-state index in [4.69, 9.17) is 0 Å². The van der Waals surface area contributed by atoms with Crippen molar-refractivity contribution in [2.24, 2.45) is 0 Å². The van der Waals surface area contributed by atoms with Crippen LogP contribution in [-0.2, 0) is 10.3 Å². The number of nitrogens with one attached hydrogen (secondary N) is 1. The summed E-state index contributed by atoms with van der Waals surface area (Å²) >= 11 is 0. The number of phenolic OH excluding ortho intramolecular Hbond substituents is 2. The zero-order valence-electron chi connectivity index (χ0n) is 15.5. The lowest BCUT2D eigenvalue weighted by Gasteiger charge is -2.22. The van der Waals surface area contributed by atoms with Crippen molar-refractivity contribution in [1.82, 2.24) is 5.32 Å². The fourth-order valence-corrected chi connectivity index (χ4v) is 3.77. The average molecular weight is 373 g/mol. The second kappa shape index (κ2) is 7.39. The number of benzene rings is 3. The van der Waals surface area contributed by atoms with Gasteiger partial charge in [-0.1, -0.05) is 60.7 Å². The van der Waals surface area contributed by atoms with E-state index in [-0.39, 0.29) is 35.3 Å². The molecule has 0 heterocycles. The van der Waals surface area contributed by atoms with Crippen LogP contribution in [0.1, 0.15) is 41.9 Å². The topological polar surface area (TPSA) is 69.6 Å². The van der Waals surface area contributed by atoms with Gasteiger partial charge in [-0.05, 0) is 42.2 Å². The minimum absolute atomic E-state index is 0.0531. The molecule has 0 aliphatic heterocycles. The van der Waals surface area contributed by atoms with Crippen LogP contribution >= 0.6 is 0 Å². The van der Waals surface area contributed by atoms with E-state index in [1.807, 2.05) is 42.5 Å². The molecular weight excluding hydrogens is 350 g/mol. The summed E-state index contributed by atoms with van der Waals surface area (Å²) in [6.45, 7) is 0. The van der Waals surface area contributed by atoms with Crippen LogP contribution in [0, 0.1) is 0 Å². The molecule has 1 fully saturated rings. The van der Waals surface area contributed by atoms with Crippen LogP contribution in [0.4, 0.5) is 0 Å². The Labute approximate surface area is 164 Å². The maximum atomic E-state index is 13.0. The molecule has 1 saturated carbocycles. The Kier molecular flexibility index (Phi) is 4.78. The highest BCUT2D eigenvalue weighted by atomic mass is 16.3. The summed E-state index contributed by atoms with van der Waals surface area (Å²) in [5, 5.41) is 23.2. The molecule has 3 aromatic carbocycles. The number of rotatable bonds is 6. The molecule has 0 unspecified atom stereocenters. The molecule has 3 N–H and O–H groups in total. The van der Waals surface area contributed by atoms with Crippen molar-refractivity contribution >= 4 is 5.91 Å². The smallest absolute Gasteiger partial charge is 0.221 e. The first-order valence-corrected chi connectivity index (χ1v) is 9.51. The van der Waals surface area contributed by atoms with Crippen LogP contribution in [0.15, 0.2) is 78.9 Å². The second-order valence-corrected chi connectivity index (χ2v) is 7.40. The van der Waals surface area contributed by atoms with E-state index < -0.39 is 0 Å². The largest absolute Gasteiger partial charge is 0.508 e. The van der Waals surface area contributed by atoms with E-state index in [9.17, 15) is 15.0 Å². The lowest BCUT2D eigenvalue weighted by molar-refractivity contribution is -0.122. The molecule has 1 aliphatic rings. The van der Waals surface area contributed by atoms with Crippen LogP contribution in [0.5, 0.6) is 11.5 Å². The van der Waals surface area contributed by atoms with Crippen molar-refractivity contribution in [3.8, 4) is 11.5 Å². The molecule has 4 rings (SSSR count). The number of hydrogen-bond donors (Lipinski definition) is 3. The standard InChI is InChI=1S/C24H23NO3/c26-19-12-10-17(11-13-19)21(20-8-4-5-9-22(20)27)16-23(28)25-24(14-15-24)18-6-2-1-3-7-18/h1-13,21,26-27H,14-16H2,(H,25,28)/t21-/m0/s1. The summed E-state index contributed by atoms with van der Waals surface area (Å²) in [7, 11) is 0. The lowest BCUT2D eigenvalue weighted by Crippen LogP contribution is -2.35. The number of carbonyl (C=O) groups is 1. The molecule has 3 aromatic rings. The zero-order chi connectivity index (χ0) is 19.6. The summed E-state index contributed by atoms with van der Waals surface area (Å²) in [6, 6.07) is 23.9. The Morgan fingerprint density at radius 1 is 0.893 bits per heavy atom. The number of aromatic hydroxyl groups is 2. The van der Waals surface area contributed by atoms with Gasteiger partial charge in [0.05, 0.1) is 5.54 Å². The quantitative estimate of drug-likeness (QED) is 0.599. The molecule has 28 heavy (non-hydrogen) atoms. The maximum Gasteiger partial charge on any atom is 0.221 e. The minimum atomic E-state index is -0.298. The van der Waals surface area contributed by atoms with Gasteiger partial charge < -0.3 is 15.5 Å². The molecule has 1 aliphatic carbocycles. The van der Waals surface area contributed by atoms with Gasteiger partial charge in [-0.3, -0.25) is 4.79 Å². The molecular formula is C24H23NO3. The van der Waals surface area contributed by atoms with Crippen molar-refractivity contribution in [1.29, 1.82) is 0 Å². The van der Waals surface area contributed by atoms with E-state index in [0.717, 1.165) is 24.0 Å². The van der Waals surface area contributed by atoms with Gasteiger partial charge in [0.1, 0.15) is 11.5 Å². The zero-order valence-corrected chi connectivity index (χ0v) is 15.5. The fourth-order valence-electron chi connectivity index (χ4n) is 3.77. The number of para-hydroxylation sites is 1. The Morgan fingerprint density at radius 2 is 1.54 bits per heavy atom. The van der Waals surface area contributed by atoms with Crippen LogP contribution in [0.25, 0.3) is 0 Å². The summed E-state index contributed by atoms with van der Waals surface area (Å²) in [5.74, 6) is -0.0149. The third-order valence-electron chi connectivity index (χ3n) is 5.45. The third kappa shape index (κ3) is 3.72. The highest BCUT2D eigenvalue weighted by molar-refractivity contribution is 5.79. The number of phenols is 2. The van der Waals surface area contributed by atoms with Gasteiger partial charge in [-0.15, -0.1) is 0 Å². The van der Waals surface area contributed by atoms with Gasteiger partial charge in [0.15, 0.2) is 0 Å². The third-order valence-corrected chi connectivity index (χ3v) is 5.45. The van der Waals surface area contributed by atoms with Gasteiger partial charge in [-0.2, -0.15) is 0 Å². The average Bonchev–Trinajstić information content (AvgIpc) is 3.49. The van der Waals surface area contributed by atoms with Crippen LogP contribution in [0.3, 0.4) is 0 Å². The molecule has 142 valence electrons. The van der Waals surface area contributed by atoms with Gasteiger partial charge >= 0.3 is 0 Å². The summed E-state index contributed by atoms with van der Waals surface area (Å²) < 4.78 is 0. The van der Waals surface area contributed by atoms with Gasteiger partial charge in [0.25, 0.3) is 0 Å². The number of hydrogen-bond acceptors (Lipinski definition) is 3. The van der Waals surface area contributed by atoms with Crippen molar-refractivity contribution < 1.29 is 15.0 Å². The molecule has 0 radical (unpaired) electrons. The van der Waals surface area contributed by atoms with Crippen LogP contribution in [0.2, 0.25) is 0 Å². The molecule has 4 nitrogen and oxygen atoms in total. The SMILES string of the molecule is O=C(C[C@@H](c1ccc(O)cc1)c1ccccc1O)NC1(c2ccccc2)CC1. The van der Waals surface area contributed by atoms with Crippen molar-refractivity contribution in [3.63, 3.8) is 0 Å². The first-order valence-electron chi connectivity index (χ1n) is 9.51. The van der Waals surface area contributed by atoms with Crippen molar-refractivity contribution in [2.45, 2.75) is 30.7 Å². The fraction of sp³-hybridized carbons (Fsp3) is 0.208. The molecule has 0 saturated heterocycles. The molecule has 0 bridgehead atoms. The van der Waals surface area contributed by atoms with Crippen LogP contribution in [-0.4, -0.2) is 16.1 Å². The summed E-state index contributed by atoms with van der Waals surface area (Å²) in [6.07, 6.45) is 2.09. The van der Waals surface area contributed by atoms with Crippen LogP contribution < -0.4 is 5.32 Å². The molecule has 0 aromatic heterocycles. The number of amides is 1. The summed E-state index contributed by atoms with van der Waals surface area (Å²) in [5.41, 5.74) is 2.44. The molecule has 1 atom stereocenters. The Balaban J connectivity index is 1.58. The van der Waals surface area contributed by atoms with Crippen molar-refractivity contribution in [3.05, 3.63) is 95.6 Å². The van der Waals surface area contributed by atoms with E-state index in [0.29, 0.717) is 5.56 Å². The Hall–Kier alpha value is -3.27. The monoisotopic (exact) mass is 373 g/mol. The Morgan fingerprint density at radius 3 is 2.18 bits per heavy atom. The molecule has 4 heteroatoms.